The summed E-state index contributed by atoms with van der Waals surface area (Å²) >= 11 is 0. The molecule has 1 saturated heterocycles. The number of carbonyl (C=O) groups is 1. The molecular formula is C7H11NO. The van der Waals surface area contributed by atoms with E-state index in [4.69, 9.17) is 0 Å². The van der Waals surface area contributed by atoms with Crippen LogP contribution >= 0.6 is 0 Å². The molecule has 0 bridgehead atoms. The molecule has 0 aliphatic carbocycles. The predicted octanol–water partition coefficient (Wildman–Crippen LogP) is 0.793. The highest BCUT2D eigenvalue weighted by Crippen LogP contribution is 2.14. The average molecular weight is 125 g/mol. The van der Waals surface area contributed by atoms with Crippen molar-refractivity contribution in [2.45, 2.75) is 18.9 Å². The third-order valence-electron chi connectivity index (χ3n) is 1.75. The Hall–Kier alpha value is -0.790. The summed E-state index contributed by atoms with van der Waals surface area (Å²) in [6, 6.07) is 0.308. The highest BCUT2D eigenvalue weighted by molar-refractivity contribution is 5.49. The summed E-state index contributed by atoms with van der Waals surface area (Å²) in [5, 5.41) is 0. The molecule has 0 saturated carbocycles. The van der Waals surface area contributed by atoms with E-state index < -0.39 is 0 Å². The van der Waals surface area contributed by atoms with E-state index in [2.05, 4.69) is 6.58 Å². The molecule has 1 heterocycles. The molecule has 2 nitrogen and oxygen atoms in total. The van der Waals surface area contributed by atoms with Gasteiger partial charge in [-0.2, -0.15) is 0 Å². The zero-order valence-corrected chi connectivity index (χ0v) is 5.42. The SMILES string of the molecule is C=C[C@@H]1CCCN1C=O. The van der Waals surface area contributed by atoms with Gasteiger partial charge in [-0.05, 0) is 12.8 Å². The fourth-order valence-electron chi connectivity index (χ4n) is 1.20. The summed E-state index contributed by atoms with van der Waals surface area (Å²) in [5.41, 5.74) is 0. The summed E-state index contributed by atoms with van der Waals surface area (Å²) in [6.07, 6.45) is 4.94. The van der Waals surface area contributed by atoms with Gasteiger partial charge in [-0.25, -0.2) is 0 Å². The van der Waals surface area contributed by atoms with Crippen LogP contribution in [0.25, 0.3) is 0 Å². The quantitative estimate of drug-likeness (QED) is 0.394. The molecule has 0 radical (unpaired) electrons. The molecule has 1 fully saturated rings. The van der Waals surface area contributed by atoms with Crippen molar-refractivity contribution in [2.75, 3.05) is 6.54 Å². The van der Waals surface area contributed by atoms with Gasteiger partial charge >= 0.3 is 0 Å². The van der Waals surface area contributed by atoms with Crippen LogP contribution in [-0.2, 0) is 4.79 Å². The van der Waals surface area contributed by atoms with Crippen LogP contribution in [0.4, 0.5) is 0 Å². The minimum Gasteiger partial charge on any atom is -0.339 e. The van der Waals surface area contributed by atoms with Crippen LogP contribution < -0.4 is 0 Å². The van der Waals surface area contributed by atoms with Gasteiger partial charge in [0.25, 0.3) is 0 Å². The summed E-state index contributed by atoms with van der Waals surface area (Å²) < 4.78 is 0. The fourth-order valence-corrected chi connectivity index (χ4v) is 1.20. The second kappa shape index (κ2) is 2.67. The molecule has 9 heavy (non-hydrogen) atoms. The van der Waals surface area contributed by atoms with Gasteiger partial charge in [0.05, 0.1) is 0 Å². The van der Waals surface area contributed by atoms with Gasteiger partial charge in [0.2, 0.25) is 6.41 Å². The Morgan fingerprint density at radius 1 is 1.67 bits per heavy atom. The highest BCUT2D eigenvalue weighted by atomic mass is 16.1. The molecule has 2 heteroatoms. The van der Waals surface area contributed by atoms with Gasteiger partial charge in [0.1, 0.15) is 0 Å². The third kappa shape index (κ3) is 1.12. The van der Waals surface area contributed by atoms with Crippen molar-refractivity contribution < 1.29 is 4.79 Å². The summed E-state index contributed by atoms with van der Waals surface area (Å²) in [6.45, 7) is 4.54. The number of rotatable bonds is 2. The van der Waals surface area contributed by atoms with E-state index in [9.17, 15) is 4.79 Å². The van der Waals surface area contributed by atoms with Crippen LogP contribution in [0.5, 0.6) is 0 Å². The van der Waals surface area contributed by atoms with Crippen molar-refractivity contribution in [2.24, 2.45) is 0 Å². The first kappa shape index (κ1) is 6.33. The first-order valence-electron chi connectivity index (χ1n) is 3.22. The van der Waals surface area contributed by atoms with Gasteiger partial charge in [0, 0.05) is 12.6 Å². The lowest BCUT2D eigenvalue weighted by Crippen LogP contribution is -2.25. The molecular weight excluding hydrogens is 114 g/mol. The number of nitrogens with zero attached hydrogens (tertiary/aromatic N) is 1. The molecule has 0 spiro atoms. The van der Waals surface area contributed by atoms with Crippen molar-refractivity contribution in [3.8, 4) is 0 Å². The van der Waals surface area contributed by atoms with Crippen LogP contribution in [0.1, 0.15) is 12.8 Å². The van der Waals surface area contributed by atoms with Gasteiger partial charge in [0.15, 0.2) is 0 Å². The van der Waals surface area contributed by atoms with Crippen molar-refractivity contribution >= 4 is 6.41 Å². The number of hydrogen-bond donors (Lipinski definition) is 0. The molecule has 0 N–H and O–H groups in total. The highest BCUT2D eigenvalue weighted by Gasteiger charge is 2.18. The van der Waals surface area contributed by atoms with E-state index in [1.165, 1.54) is 0 Å². The zero-order chi connectivity index (χ0) is 6.69. The molecule has 0 aromatic rings. The zero-order valence-electron chi connectivity index (χ0n) is 5.42. The number of likely N-dealkylation sites (tertiary alicyclic amines) is 1. The standard InChI is InChI=1S/C7H11NO/c1-2-7-4-3-5-8(7)6-9/h2,6-7H,1,3-5H2/t7-/m1/s1. The number of hydrogen-bond acceptors (Lipinski definition) is 1. The lowest BCUT2D eigenvalue weighted by atomic mass is 10.2. The lowest BCUT2D eigenvalue weighted by Gasteiger charge is -2.14. The van der Waals surface area contributed by atoms with E-state index in [1.54, 1.807) is 4.90 Å². The van der Waals surface area contributed by atoms with Crippen LogP contribution in [0.15, 0.2) is 12.7 Å². The van der Waals surface area contributed by atoms with Gasteiger partial charge in [-0.15, -0.1) is 6.58 Å². The van der Waals surface area contributed by atoms with Gasteiger partial charge < -0.3 is 4.90 Å². The van der Waals surface area contributed by atoms with E-state index >= 15 is 0 Å². The molecule has 0 unspecified atom stereocenters. The predicted molar refractivity (Wildman–Crippen MR) is 36.0 cm³/mol. The second-order valence-corrected chi connectivity index (χ2v) is 2.29. The normalized spacial score (nSPS) is 26.2. The Balaban J connectivity index is 2.50. The number of amides is 1. The van der Waals surface area contributed by atoms with Crippen LogP contribution in [0, 0.1) is 0 Å². The Kier molecular flexibility index (Phi) is 1.88. The molecule has 1 rings (SSSR count). The van der Waals surface area contributed by atoms with Crippen LogP contribution in [0.2, 0.25) is 0 Å². The Morgan fingerprint density at radius 3 is 2.89 bits per heavy atom. The molecule has 1 amide bonds. The minimum atomic E-state index is 0.308. The fraction of sp³-hybridized carbons (Fsp3) is 0.571. The molecule has 1 aliphatic rings. The van der Waals surface area contributed by atoms with Crippen LogP contribution in [0.3, 0.4) is 0 Å². The maximum absolute atomic E-state index is 10.3. The van der Waals surface area contributed by atoms with E-state index in [-0.39, 0.29) is 0 Å². The first-order chi connectivity index (χ1) is 4.38. The van der Waals surface area contributed by atoms with E-state index in [0.29, 0.717) is 6.04 Å². The smallest absolute Gasteiger partial charge is 0.210 e. The average Bonchev–Trinajstić information content (AvgIpc) is 2.33. The largest absolute Gasteiger partial charge is 0.339 e. The summed E-state index contributed by atoms with van der Waals surface area (Å²) in [5.74, 6) is 0. The van der Waals surface area contributed by atoms with Crippen molar-refractivity contribution in [1.82, 2.24) is 4.90 Å². The first-order valence-corrected chi connectivity index (χ1v) is 3.22. The van der Waals surface area contributed by atoms with Gasteiger partial charge in [-0.3, -0.25) is 4.79 Å². The van der Waals surface area contributed by atoms with E-state index in [1.807, 2.05) is 6.08 Å². The molecule has 50 valence electrons. The molecule has 0 aromatic heterocycles. The third-order valence-corrected chi connectivity index (χ3v) is 1.75. The summed E-state index contributed by atoms with van der Waals surface area (Å²) in [7, 11) is 0. The van der Waals surface area contributed by atoms with Crippen molar-refractivity contribution in [3.05, 3.63) is 12.7 Å². The lowest BCUT2D eigenvalue weighted by molar-refractivity contribution is -0.118. The van der Waals surface area contributed by atoms with Crippen LogP contribution in [-0.4, -0.2) is 23.9 Å². The van der Waals surface area contributed by atoms with Gasteiger partial charge in [-0.1, -0.05) is 6.08 Å². The topological polar surface area (TPSA) is 20.3 Å². The monoisotopic (exact) mass is 125 g/mol. The minimum absolute atomic E-state index is 0.308. The Morgan fingerprint density at radius 2 is 2.44 bits per heavy atom. The summed E-state index contributed by atoms with van der Waals surface area (Å²) in [4.78, 5) is 12.0. The second-order valence-electron chi connectivity index (χ2n) is 2.29. The van der Waals surface area contributed by atoms with Crippen molar-refractivity contribution in [1.29, 1.82) is 0 Å². The Labute approximate surface area is 55.2 Å². The maximum atomic E-state index is 10.3. The molecule has 1 atom stereocenters. The Bertz CT molecular complexity index is 108. The number of carbonyl (C=O) groups excluding carboxylic acids is 1. The van der Waals surface area contributed by atoms with Crippen molar-refractivity contribution in [3.63, 3.8) is 0 Å². The van der Waals surface area contributed by atoms with E-state index in [0.717, 1.165) is 25.8 Å². The molecule has 1 aliphatic heterocycles. The molecule has 0 aromatic carbocycles. The maximum Gasteiger partial charge on any atom is 0.210 e.